The van der Waals surface area contributed by atoms with E-state index in [0.29, 0.717) is 16.9 Å². The first-order chi connectivity index (χ1) is 9.13. The average Bonchev–Trinajstić information content (AvgIpc) is 2.46. The fraction of sp³-hybridized carbons (Fsp3) is 0.133. The molecule has 0 spiro atoms. The zero-order valence-electron chi connectivity index (χ0n) is 9.85. The van der Waals surface area contributed by atoms with Crippen LogP contribution in [-0.2, 0) is 5.06 Å². The van der Waals surface area contributed by atoms with Gasteiger partial charge in [0.25, 0.3) is 0 Å². The van der Waals surface area contributed by atoms with E-state index in [1.54, 1.807) is 36.4 Å². The zero-order chi connectivity index (χ0) is 13.5. The zero-order valence-corrected chi connectivity index (χ0v) is 11.4. The van der Waals surface area contributed by atoms with E-state index in [0.717, 1.165) is 0 Å². The van der Waals surface area contributed by atoms with Crippen molar-refractivity contribution in [3.8, 4) is 5.75 Å². The molecule has 0 aliphatic carbocycles. The van der Waals surface area contributed by atoms with Gasteiger partial charge < -0.3 is 4.74 Å². The molecular formula is C15H10Cl2O2. The van der Waals surface area contributed by atoms with Crippen molar-refractivity contribution in [2.24, 2.45) is 0 Å². The molecule has 3 rings (SSSR count). The predicted molar refractivity (Wildman–Crippen MR) is 75.0 cm³/mol. The summed E-state index contributed by atoms with van der Waals surface area (Å²) in [5.74, 6) is 0.241. The van der Waals surface area contributed by atoms with Crippen LogP contribution in [0.4, 0.5) is 0 Å². The Balaban J connectivity index is 2.13. The number of hydrogen-bond acceptors (Lipinski definition) is 2. The van der Waals surface area contributed by atoms with E-state index >= 15 is 0 Å². The molecular weight excluding hydrogens is 283 g/mol. The van der Waals surface area contributed by atoms with Crippen molar-refractivity contribution in [1.82, 2.24) is 0 Å². The van der Waals surface area contributed by atoms with E-state index in [-0.39, 0.29) is 5.78 Å². The van der Waals surface area contributed by atoms with E-state index in [1.165, 1.54) is 0 Å². The Morgan fingerprint density at radius 2 is 1.63 bits per heavy atom. The highest BCUT2D eigenvalue weighted by atomic mass is 35.5. The van der Waals surface area contributed by atoms with Crippen LogP contribution in [0.1, 0.15) is 15.9 Å². The van der Waals surface area contributed by atoms with E-state index in [2.05, 4.69) is 0 Å². The molecule has 19 heavy (non-hydrogen) atoms. The van der Waals surface area contributed by atoms with Crippen LogP contribution in [0.2, 0.25) is 0 Å². The average molecular weight is 293 g/mol. The molecule has 0 saturated carbocycles. The van der Waals surface area contributed by atoms with Crippen molar-refractivity contribution in [2.45, 2.75) is 10.4 Å². The molecule has 2 aromatic carbocycles. The second-order valence-electron chi connectivity index (χ2n) is 4.34. The minimum atomic E-state index is -1.37. The molecule has 4 heteroatoms. The van der Waals surface area contributed by atoms with Gasteiger partial charge >= 0.3 is 0 Å². The fourth-order valence-electron chi connectivity index (χ4n) is 2.15. The second kappa shape index (κ2) is 4.55. The molecule has 1 aliphatic rings. The lowest BCUT2D eigenvalue weighted by molar-refractivity contribution is 0.0783. The summed E-state index contributed by atoms with van der Waals surface area (Å²) in [6.07, 6.45) is 0. The third-order valence-electron chi connectivity index (χ3n) is 3.13. The minimum absolute atomic E-state index is 0.220. The molecule has 1 aliphatic heterocycles. The van der Waals surface area contributed by atoms with Gasteiger partial charge in [0.15, 0.2) is 11.2 Å². The molecule has 0 saturated heterocycles. The van der Waals surface area contributed by atoms with Crippen molar-refractivity contribution in [2.75, 3.05) is 0 Å². The molecule has 1 heterocycles. The molecule has 0 aromatic heterocycles. The molecule has 0 unspecified atom stereocenters. The van der Waals surface area contributed by atoms with Gasteiger partial charge in [-0.1, -0.05) is 54.1 Å². The Morgan fingerprint density at radius 1 is 1.00 bits per heavy atom. The maximum absolute atomic E-state index is 12.3. The third kappa shape index (κ3) is 1.92. The van der Waals surface area contributed by atoms with Gasteiger partial charge in [0, 0.05) is 5.56 Å². The van der Waals surface area contributed by atoms with Gasteiger partial charge in [0.2, 0.25) is 5.06 Å². The van der Waals surface area contributed by atoms with Crippen LogP contribution < -0.4 is 4.74 Å². The molecule has 2 atom stereocenters. The summed E-state index contributed by atoms with van der Waals surface area (Å²) in [6, 6.07) is 16.1. The number of para-hydroxylation sites is 1. The standard InChI is InChI=1S/C15H10Cl2O2/c16-14-13(18)11-8-4-5-9-12(11)19-15(14,17)10-6-2-1-3-7-10/h1-9,14H/t14-,15+/m1/s1. The lowest BCUT2D eigenvalue weighted by atomic mass is 9.95. The number of carbonyl (C=O) groups excluding carboxylic acids is 1. The molecule has 0 N–H and O–H groups in total. The quantitative estimate of drug-likeness (QED) is 0.744. The highest BCUT2D eigenvalue weighted by Crippen LogP contribution is 2.44. The van der Waals surface area contributed by atoms with Gasteiger partial charge in [0.1, 0.15) is 5.75 Å². The second-order valence-corrected chi connectivity index (χ2v) is 5.33. The maximum atomic E-state index is 12.3. The third-order valence-corrected chi connectivity index (χ3v) is 4.27. The summed E-state index contributed by atoms with van der Waals surface area (Å²) in [4.78, 5) is 12.3. The van der Waals surface area contributed by atoms with Crippen LogP contribution in [0.5, 0.6) is 5.75 Å². The SMILES string of the molecule is O=C1c2ccccc2O[C@@](Cl)(c2ccccc2)[C@@H]1Cl. The van der Waals surface area contributed by atoms with Crippen molar-refractivity contribution in [1.29, 1.82) is 0 Å². The summed E-state index contributed by atoms with van der Waals surface area (Å²) in [5, 5.41) is -2.33. The number of alkyl halides is 2. The van der Waals surface area contributed by atoms with Crippen molar-refractivity contribution < 1.29 is 9.53 Å². The molecule has 2 nitrogen and oxygen atoms in total. The van der Waals surface area contributed by atoms with Crippen LogP contribution in [0.25, 0.3) is 0 Å². The maximum Gasteiger partial charge on any atom is 0.231 e. The molecule has 0 radical (unpaired) electrons. The van der Waals surface area contributed by atoms with Gasteiger partial charge in [-0.15, -0.1) is 11.6 Å². The Kier molecular flexibility index (Phi) is 3.00. The van der Waals surface area contributed by atoms with Crippen LogP contribution in [0.15, 0.2) is 54.6 Å². The van der Waals surface area contributed by atoms with Crippen LogP contribution in [-0.4, -0.2) is 11.2 Å². The number of rotatable bonds is 1. The topological polar surface area (TPSA) is 26.3 Å². The number of fused-ring (bicyclic) bond motifs is 1. The number of Topliss-reactive ketones (excluding diaryl/α,β-unsaturated/α-hetero) is 1. The number of hydrogen-bond donors (Lipinski definition) is 0. The minimum Gasteiger partial charge on any atom is -0.465 e. The number of halogens is 2. The van der Waals surface area contributed by atoms with Crippen LogP contribution >= 0.6 is 23.2 Å². The fourth-order valence-corrected chi connectivity index (χ4v) is 2.74. The van der Waals surface area contributed by atoms with E-state index in [1.807, 2.05) is 18.2 Å². The van der Waals surface area contributed by atoms with Gasteiger partial charge in [-0.05, 0) is 12.1 Å². The van der Waals surface area contributed by atoms with E-state index in [9.17, 15) is 4.79 Å². The first-order valence-electron chi connectivity index (χ1n) is 5.83. The van der Waals surface area contributed by atoms with E-state index < -0.39 is 10.4 Å². The number of benzene rings is 2. The normalized spacial score (nSPS) is 25.6. The summed E-state index contributed by atoms with van der Waals surface area (Å²) in [5.41, 5.74) is 1.13. The summed E-state index contributed by atoms with van der Waals surface area (Å²) >= 11 is 12.7. The molecule has 0 amide bonds. The van der Waals surface area contributed by atoms with Crippen LogP contribution in [0.3, 0.4) is 0 Å². The summed E-state index contributed by atoms with van der Waals surface area (Å²) in [7, 11) is 0. The number of carbonyl (C=O) groups is 1. The highest BCUT2D eigenvalue weighted by Gasteiger charge is 2.49. The van der Waals surface area contributed by atoms with Gasteiger partial charge in [-0.3, -0.25) is 4.79 Å². The van der Waals surface area contributed by atoms with Crippen molar-refractivity contribution in [3.05, 3.63) is 65.7 Å². The highest BCUT2D eigenvalue weighted by molar-refractivity contribution is 6.41. The van der Waals surface area contributed by atoms with Gasteiger partial charge in [-0.25, -0.2) is 0 Å². The van der Waals surface area contributed by atoms with Crippen molar-refractivity contribution >= 4 is 29.0 Å². The monoisotopic (exact) mass is 292 g/mol. The number of ether oxygens (including phenoxy) is 1. The van der Waals surface area contributed by atoms with Crippen molar-refractivity contribution in [3.63, 3.8) is 0 Å². The Morgan fingerprint density at radius 3 is 2.37 bits per heavy atom. The first-order valence-corrected chi connectivity index (χ1v) is 6.65. The molecule has 0 fully saturated rings. The largest absolute Gasteiger partial charge is 0.465 e. The Bertz CT molecular complexity index is 627. The Hall–Kier alpha value is -1.51. The Labute approximate surface area is 120 Å². The van der Waals surface area contributed by atoms with Gasteiger partial charge in [0.05, 0.1) is 5.56 Å². The number of ketones is 1. The lowest BCUT2D eigenvalue weighted by Crippen LogP contribution is -2.45. The summed E-state index contributed by atoms with van der Waals surface area (Å²) < 4.78 is 5.80. The predicted octanol–water partition coefficient (Wildman–Crippen LogP) is 3.96. The molecule has 2 aromatic rings. The van der Waals surface area contributed by atoms with E-state index in [4.69, 9.17) is 27.9 Å². The van der Waals surface area contributed by atoms with Gasteiger partial charge in [-0.2, -0.15) is 0 Å². The van der Waals surface area contributed by atoms with Crippen LogP contribution in [0, 0.1) is 0 Å². The molecule has 0 bridgehead atoms. The molecule has 96 valence electrons. The first kappa shape index (κ1) is 12.5. The summed E-state index contributed by atoms with van der Waals surface area (Å²) in [6.45, 7) is 0. The smallest absolute Gasteiger partial charge is 0.231 e. The lowest BCUT2D eigenvalue weighted by Gasteiger charge is -2.36.